The summed E-state index contributed by atoms with van der Waals surface area (Å²) in [5, 5.41) is 3.41. The van der Waals surface area contributed by atoms with Crippen LogP contribution in [-0.2, 0) is 4.74 Å². The van der Waals surface area contributed by atoms with Gasteiger partial charge in [-0.05, 0) is 36.5 Å². The number of nitrogens with one attached hydrogen (secondary N) is 1. The minimum atomic E-state index is -0.807. The van der Waals surface area contributed by atoms with Crippen LogP contribution in [0, 0.1) is 17.6 Å². The second-order valence-corrected chi connectivity index (χ2v) is 6.30. The first-order valence-corrected chi connectivity index (χ1v) is 7.41. The van der Waals surface area contributed by atoms with Crippen molar-refractivity contribution >= 4 is 0 Å². The highest BCUT2D eigenvalue weighted by atomic mass is 19.2. The molecule has 1 N–H and O–H groups in total. The molecule has 20 heavy (non-hydrogen) atoms. The molecule has 1 aromatic rings. The summed E-state index contributed by atoms with van der Waals surface area (Å²) in [7, 11) is 0. The van der Waals surface area contributed by atoms with Crippen LogP contribution in [0.5, 0.6) is 0 Å². The summed E-state index contributed by atoms with van der Waals surface area (Å²) in [6.07, 6.45) is 4.32. The van der Waals surface area contributed by atoms with E-state index < -0.39 is 11.6 Å². The molecule has 1 saturated heterocycles. The molecular weight excluding hydrogens is 260 g/mol. The predicted octanol–water partition coefficient (Wildman–Crippen LogP) is 3.57. The second kappa shape index (κ2) is 5.41. The van der Waals surface area contributed by atoms with Gasteiger partial charge >= 0.3 is 0 Å². The lowest BCUT2D eigenvalue weighted by molar-refractivity contribution is -0.143. The van der Waals surface area contributed by atoms with Gasteiger partial charge in [-0.1, -0.05) is 25.8 Å². The maximum absolute atomic E-state index is 13.4. The number of hydrogen-bond donors (Lipinski definition) is 1. The molecule has 2 nitrogen and oxygen atoms in total. The molecule has 110 valence electrons. The molecule has 3 unspecified atom stereocenters. The largest absolute Gasteiger partial charge is 0.364 e. The van der Waals surface area contributed by atoms with Gasteiger partial charge in [0.1, 0.15) is 0 Å². The van der Waals surface area contributed by atoms with Gasteiger partial charge in [-0.3, -0.25) is 0 Å². The zero-order valence-electron chi connectivity index (χ0n) is 11.8. The predicted molar refractivity (Wildman–Crippen MR) is 73.4 cm³/mol. The molecule has 1 aromatic carbocycles. The zero-order valence-corrected chi connectivity index (χ0v) is 11.8. The highest BCUT2D eigenvalue weighted by Gasteiger charge is 2.40. The smallest absolute Gasteiger partial charge is 0.159 e. The minimum Gasteiger partial charge on any atom is -0.364 e. The maximum Gasteiger partial charge on any atom is 0.159 e. The maximum atomic E-state index is 13.4. The Balaban J connectivity index is 1.79. The average molecular weight is 281 g/mol. The normalized spacial score (nSPS) is 34.4. The monoisotopic (exact) mass is 281 g/mol. The van der Waals surface area contributed by atoms with Crippen molar-refractivity contribution in [3.8, 4) is 0 Å². The van der Waals surface area contributed by atoms with E-state index in [1.807, 2.05) is 0 Å². The highest BCUT2D eigenvalue weighted by Crippen LogP contribution is 2.40. The number of hydrogen-bond acceptors (Lipinski definition) is 2. The summed E-state index contributed by atoms with van der Waals surface area (Å²) in [5.41, 5.74) is 0.583. The van der Waals surface area contributed by atoms with Crippen molar-refractivity contribution in [3.63, 3.8) is 0 Å². The first-order valence-electron chi connectivity index (χ1n) is 7.41. The fourth-order valence-electron chi connectivity index (χ4n) is 3.59. The van der Waals surface area contributed by atoms with Crippen molar-refractivity contribution in [1.29, 1.82) is 0 Å². The van der Waals surface area contributed by atoms with Crippen LogP contribution in [0.2, 0.25) is 0 Å². The van der Waals surface area contributed by atoms with Crippen molar-refractivity contribution in [2.75, 3.05) is 13.1 Å². The van der Waals surface area contributed by atoms with Crippen LogP contribution in [0.1, 0.15) is 44.3 Å². The summed E-state index contributed by atoms with van der Waals surface area (Å²) in [5.74, 6) is -0.949. The number of morpholine rings is 1. The molecule has 0 bridgehead atoms. The molecule has 2 aliphatic rings. The van der Waals surface area contributed by atoms with Gasteiger partial charge in [-0.25, -0.2) is 8.78 Å². The van der Waals surface area contributed by atoms with Crippen LogP contribution >= 0.6 is 0 Å². The molecule has 2 fully saturated rings. The van der Waals surface area contributed by atoms with Crippen LogP contribution in [0.15, 0.2) is 18.2 Å². The summed E-state index contributed by atoms with van der Waals surface area (Å²) in [6.45, 7) is 3.77. The van der Waals surface area contributed by atoms with E-state index in [0.717, 1.165) is 19.4 Å². The van der Waals surface area contributed by atoms with E-state index in [1.54, 1.807) is 6.07 Å². The molecule has 1 aliphatic heterocycles. The third kappa shape index (κ3) is 2.72. The van der Waals surface area contributed by atoms with E-state index in [0.29, 0.717) is 18.0 Å². The van der Waals surface area contributed by atoms with Gasteiger partial charge in [0.2, 0.25) is 0 Å². The van der Waals surface area contributed by atoms with Crippen LogP contribution < -0.4 is 5.32 Å². The van der Waals surface area contributed by atoms with E-state index in [-0.39, 0.29) is 11.7 Å². The van der Waals surface area contributed by atoms with Gasteiger partial charge in [0.25, 0.3) is 0 Å². The first-order chi connectivity index (χ1) is 9.58. The van der Waals surface area contributed by atoms with Gasteiger partial charge < -0.3 is 10.1 Å². The van der Waals surface area contributed by atoms with Gasteiger partial charge in [-0.2, -0.15) is 0 Å². The van der Waals surface area contributed by atoms with Gasteiger partial charge in [-0.15, -0.1) is 0 Å². The van der Waals surface area contributed by atoms with Gasteiger partial charge in [0, 0.05) is 13.1 Å². The Bertz CT molecular complexity index is 489. The molecule has 0 aromatic heterocycles. The molecule has 0 radical (unpaired) electrons. The summed E-state index contributed by atoms with van der Waals surface area (Å²) < 4.78 is 32.7. The van der Waals surface area contributed by atoms with Crippen LogP contribution in [0.3, 0.4) is 0 Å². The molecule has 3 rings (SSSR count). The summed E-state index contributed by atoms with van der Waals surface area (Å²) in [4.78, 5) is 0. The third-order valence-corrected chi connectivity index (χ3v) is 4.53. The molecular formula is C16H21F2NO. The van der Waals surface area contributed by atoms with Gasteiger partial charge in [0.05, 0.1) is 11.7 Å². The molecule has 3 atom stereocenters. The van der Waals surface area contributed by atoms with Crippen LogP contribution in [-0.4, -0.2) is 18.7 Å². The standard InChI is InChI=1S/C16H21F2NO/c1-11-3-2-6-16(8-11)10-19-9-15(20-16)12-4-5-13(17)14(18)7-12/h4-5,7,11,15,19H,2-3,6,8-10H2,1H3. The van der Waals surface area contributed by atoms with Crippen LogP contribution in [0.4, 0.5) is 8.78 Å². The fourth-order valence-corrected chi connectivity index (χ4v) is 3.59. The molecule has 1 aliphatic carbocycles. The fraction of sp³-hybridized carbons (Fsp3) is 0.625. The summed E-state index contributed by atoms with van der Waals surface area (Å²) in [6, 6.07) is 4.06. The number of benzene rings is 1. The van der Waals surface area contributed by atoms with E-state index in [2.05, 4.69) is 12.2 Å². The van der Waals surface area contributed by atoms with Crippen molar-refractivity contribution in [1.82, 2.24) is 5.32 Å². The Hall–Kier alpha value is -1.00. The average Bonchev–Trinajstić information content (AvgIpc) is 2.42. The molecule has 1 spiro atoms. The van der Waals surface area contributed by atoms with E-state index in [1.165, 1.54) is 25.0 Å². The molecule has 1 heterocycles. The SMILES string of the molecule is CC1CCCC2(CNCC(c3ccc(F)c(F)c3)O2)C1. The number of rotatable bonds is 1. The quantitative estimate of drug-likeness (QED) is 0.849. The Kier molecular flexibility index (Phi) is 3.78. The summed E-state index contributed by atoms with van der Waals surface area (Å²) >= 11 is 0. The Morgan fingerprint density at radius 2 is 2.15 bits per heavy atom. The third-order valence-electron chi connectivity index (χ3n) is 4.53. The Morgan fingerprint density at radius 3 is 2.90 bits per heavy atom. The molecule has 1 saturated carbocycles. The zero-order chi connectivity index (χ0) is 14.2. The van der Waals surface area contributed by atoms with Gasteiger partial charge in [0.15, 0.2) is 11.6 Å². The van der Waals surface area contributed by atoms with Crippen molar-refractivity contribution < 1.29 is 13.5 Å². The number of ether oxygens (including phenoxy) is 1. The van der Waals surface area contributed by atoms with Crippen molar-refractivity contribution in [2.24, 2.45) is 5.92 Å². The topological polar surface area (TPSA) is 21.3 Å². The molecule has 4 heteroatoms. The Labute approximate surface area is 118 Å². The van der Waals surface area contributed by atoms with E-state index in [9.17, 15) is 8.78 Å². The molecule has 0 amide bonds. The van der Waals surface area contributed by atoms with Crippen molar-refractivity contribution in [2.45, 2.75) is 44.3 Å². The lowest BCUT2D eigenvalue weighted by Gasteiger charge is -2.46. The Morgan fingerprint density at radius 1 is 1.30 bits per heavy atom. The second-order valence-electron chi connectivity index (χ2n) is 6.30. The highest BCUT2D eigenvalue weighted by molar-refractivity contribution is 5.21. The lowest BCUT2D eigenvalue weighted by Crippen LogP contribution is -2.53. The number of halogens is 2. The lowest BCUT2D eigenvalue weighted by atomic mass is 9.77. The van der Waals surface area contributed by atoms with E-state index >= 15 is 0 Å². The first kappa shape index (κ1) is 14.0. The van der Waals surface area contributed by atoms with E-state index in [4.69, 9.17) is 4.74 Å². The van der Waals surface area contributed by atoms with Crippen LogP contribution in [0.25, 0.3) is 0 Å². The van der Waals surface area contributed by atoms with Crippen molar-refractivity contribution in [3.05, 3.63) is 35.4 Å². The minimum absolute atomic E-state index is 0.133.